The van der Waals surface area contributed by atoms with Gasteiger partial charge in [0.15, 0.2) is 0 Å². The first kappa shape index (κ1) is 13.9. The maximum absolute atomic E-state index is 11.3. The molecule has 0 aromatic heterocycles. The maximum atomic E-state index is 11.3. The second-order valence-corrected chi connectivity index (χ2v) is 3.86. The van der Waals surface area contributed by atoms with Crippen molar-refractivity contribution < 1.29 is 14.7 Å². The van der Waals surface area contributed by atoms with Crippen molar-refractivity contribution in [2.75, 3.05) is 18.0 Å². The summed E-state index contributed by atoms with van der Waals surface area (Å²) in [6, 6.07) is 4.64. The Kier molecular flexibility index (Phi) is 4.58. The van der Waals surface area contributed by atoms with Crippen LogP contribution in [0, 0.1) is 12.3 Å². The minimum atomic E-state index is -1.07. The molecule has 0 aliphatic carbocycles. The zero-order valence-corrected chi connectivity index (χ0v) is 10.1. The Labute approximate surface area is 109 Å². The SMILES string of the molecule is C#CCN(CC(=O)O)c1cccc(Cl)c1C(N)=O. The van der Waals surface area contributed by atoms with E-state index in [2.05, 4.69) is 5.92 Å². The number of hydrogen-bond donors (Lipinski definition) is 2. The molecule has 0 spiro atoms. The van der Waals surface area contributed by atoms with E-state index in [0.29, 0.717) is 5.69 Å². The largest absolute Gasteiger partial charge is 0.480 e. The van der Waals surface area contributed by atoms with Crippen molar-refractivity contribution in [3.63, 3.8) is 0 Å². The molecule has 1 aromatic carbocycles. The summed E-state index contributed by atoms with van der Waals surface area (Å²) >= 11 is 5.88. The van der Waals surface area contributed by atoms with Crippen molar-refractivity contribution >= 4 is 29.2 Å². The molecule has 6 heteroatoms. The van der Waals surface area contributed by atoms with Gasteiger partial charge in [-0.1, -0.05) is 23.6 Å². The van der Waals surface area contributed by atoms with E-state index >= 15 is 0 Å². The second-order valence-electron chi connectivity index (χ2n) is 3.45. The third-order valence-electron chi connectivity index (χ3n) is 2.19. The minimum absolute atomic E-state index is 0.0346. The molecule has 0 atom stereocenters. The number of terminal acetylenes is 1. The zero-order chi connectivity index (χ0) is 13.7. The number of nitrogens with two attached hydrogens (primary N) is 1. The Morgan fingerprint density at radius 3 is 2.67 bits per heavy atom. The molecule has 5 nitrogen and oxygen atoms in total. The van der Waals surface area contributed by atoms with Gasteiger partial charge in [0.05, 0.1) is 22.8 Å². The molecule has 1 rings (SSSR count). The molecule has 94 valence electrons. The van der Waals surface area contributed by atoms with Crippen molar-refractivity contribution in [1.82, 2.24) is 0 Å². The van der Waals surface area contributed by atoms with Crippen molar-refractivity contribution in [1.29, 1.82) is 0 Å². The van der Waals surface area contributed by atoms with Gasteiger partial charge in [0.2, 0.25) is 0 Å². The zero-order valence-electron chi connectivity index (χ0n) is 9.39. The van der Waals surface area contributed by atoms with Gasteiger partial charge in [-0.2, -0.15) is 0 Å². The van der Waals surface area contributed by atoms with Crippen LogP contribution in [0.5, 0.6) is 0 Å². The standard InChI is InChI=1S/C12H11ClN2O3/c1-2-6-15(7-10(16)17)9-5-3-4-8(13)11(9)12(14)18/h1,3-5H,6-7H2,(H2,14,18)(H,16,17). The lowest BCUT2D eigenvalue weighted by Crippen LogP contribution is -2.32. The van der Waals surface area contributed by atoms with Crippen molar-refractivity contribution in [3.8, 4) is 12.3 Å². The number of anilines is 1. The highest BCUT2D eigenvalue weighted by Gasteiger charge is 2.18. The lowest BCUT2D eigenvalue weighted by Gasteiger charge is -2.22. The summed E-state index contributed by atoms with van der Waals surface area (Å²) in [4.78, 5) is 23.5. The summed E-state index contributed by atoms with van der Waals surface area (Å²) in [5.74, 6) is 0.522. The van der Waals surface area contributed by atoms with Gasteiger partial charge in [-0.05, 0) is 12.1 Å². The fraction of sp³-hybridized carbons (Fsp3) is 0.167. The van der Waals surface area contributed by atoms with Crippen LogP contribution in [0.4, 0.5) is 5.69 Å². The number of carboxylic acid groups (broad SMARTS) is 1. The average Bonchev–Trinajstić information content (AvgIpc) is 2.27. The first-order chi connectivity index (χ1) is 8.47. The predicted molar refractivity (Wildman–Crippen MR) is 68.7 cm³/mol. The Bertz CT molecular complexity index is 523. The highest BCUT2D eigenvalue weighted by Crippen LogP contribution is 2.26. The number of benzene rings is 1. The molecule has 0 unspecified atom stereocenters. The van der Waals surface area contributed by atoms with Gasteiger partial charge < -0.3 is 15.7 Å². The Morgan fingerprint density at radius 1 is 1.50 bits per heavy atom. The number of halogens is 1. The van der Waals surface area contributed by atoms with E-state index in [1.807, 2.05) is 0 Å². The second kappa shape index (κ2) is 5.94. The molecule has 0 saturated carbocycles. The first-order valence-corrected chi connectivity index (χ1v) is 5.33. The summed E-state index contributed by atoms with van der Waals surface area (Å²) < 4.78 is 0. The van der Waals surface area contributed by atoms with Crippen LogP contribution < -0.4 is 10.6 Å². The van der Waals surface area contributed by atoms with Crippen molar-refractivity contribution in [2.24, 2.45) is 5.73 Å². The molecule has 1 aromatic rings. The van der Waals surface area contributed by atoms with Gasteiger partial charge in [-0.15, -0.1) is 6.42 Å². The lowest BCUT2D eigenvalue weighted by atomic mass is 10.1. The third kappa shape index (κ3) is 3.15. The summed E-state index contributed by atoms with van der Waals surface area (Å²) in [5, 5.41) is 8.97. The molecule has 0 fully saturated rings. The molecule has 0 bridgehead atoms. The molecule has 3 N–H and O–H groups in total. The van der Waals surface area contributed by atoms with Crippen LogP contribution in [-0.2, 0) is 4.79 Å². The van der Waals surface area contributed by atoms with E-state index in [4.69, 9.17) is 28.9 Å². The van der Waals surface area contributed by atoms with E-state index in [0.717, 1.165) is 0 Å². The van der Waals surface area contributed by atoms with E-state index in [1.165, 1.54) is 11.0 Å². The number of carbonyl (C=O) groups is 2. The molecule has 1 amide bonds. The molecule has 0 aliphatic rings. The summed E-state index contributed by atoms with van der Waals surface area (Å²) in [5.41, 5.74) is 5.61. The Balaban J connectivity index is 3.27. The van der Waals surface area contributed by atoms with Crippen LogP contribution in [0.2, 0.25) is 5.02 Å². The van der Waals surface area contributed by atoms with Crippen molar-refractivity contribution in [3.05, 3.63) is 28.8 Å². The average molecular weight is 267 g/mol. The number of primary amides is 1. The fourth-order valence-corrected chi connectivity index (χ4v) is 1.78. The first-order valence-electron chi connectivity index (χ1n) is 4.96. The van der Waals surface area contributed by atoms with Crippen LogP contribution in [0.15, 0.2) is 18.2 Å². The van der Waals surface area contributed by atoms with Gasteiger partial charge in [0, 0.05) is 0 Å². The van der Waals surface area contributed by atoms with Gasteiger partial charge in [0.1, 0.15) is 6.54 Å². The highest BCUT2D eigenvalue weighted by atomic mass is 35.5. The smallest absolute Gasteiger partial charge is 0.323 e. The van der Waals surface area contributed by atoms with Crippen LogP contribution >= 0.6 is 11.6 Å². The Morgan fingerprint density at radius 2 is 2.17 bits per heavy atom. The fourth-order valence-electron chi connectivity index (χ4n) is 1.52. The van der Waals surface area contributed by atoms with E-state index < -0.39 is 11.9 Å². The molecule has 0 radical (unpaired) electrons. The Hall–Kier alpha value is -2.19. The molecule has 18 heavy (non-hydrogen) atoms. The van der Waals surface area contributed by atoms with E-state index in [1.54, 1.807) is 12.1 Å². The van der Waals surface area contributed by atoms with E-state index in [-0.39, 0.29) is 23.7 Å². The maximum Gasteiger partial charge on any atom is 0.323 e. The summed E-state index contributed by atoms with van der Waals surface area (Å²) in [7, 11) is 0. The molecular formula is C12H11ClN2O3. The van der Waals surface area contributed by atoms with Gasteiger partial charge in [0.25, 0.3) is 5.91 Å². The number of amides is 1. The third-order valence-corrected chi connectivity index (χ3v) is 2.50. The number of nitrogens with zero attached hydrogens (tertiary/aromatic N) is 1. The monoisotopic (exact) mass is 266 g/mol. The number of aliphatic carboxylic acids is 1. The quantitative estimate of drug-likeness (QED) is 0.778. The van der Waals surface area contributed by atoms with Gasteiger partial charge in [-0.25, -0.2) is 0 Å². The summed E-state index contributed by atoms with van der Waals surface area (Å²) in [6.45, 7) is -0.308. The molecule has 0 saturated heterocycles. The number of hydrogen-bond acceptors (Lipinski definition) is 3. The van der Waals surface area contributed by atoms with Gasteiger partial charge in [-0.3, -0.25) is 9.59 Å². The van der Waals surface area contributed by atoms with Gasteiger partial charge >= 0.3 is 5.97 Å². The van der Waals surface area contributed by atoms with Crippen LogP contribution in [0.25, 0.3) is 0 Å². The molecule has 0 aliphatic heterocycles. The number of carboxylic acids is 1. The lowest BCUT2D eigenvalue weighted by molar-refractivity contribution is -0.135. The number of rotatable bonds is 5. The topological polar surface area (TPSA) is 83.6 Å². The predicted octanol–water partition coefficient (Wildman–Crippen LogP) is 0.963. The van der Waals surface area contributed by atoms with Crippen LogP contribution in [-0.4, -0.2) is 30.1 Å². The molecule has 0 heterocycles. The van der Waals surface area contributed by atoms with E-state index in [9.17, 15) is 9.59 Å². The highest BCUT2D eigenvalue weighted by molar-refractivity contribution is 6.34. The normalized spacial score (nSPS) is 9.56. The van der Waals surface area contributed by atoms with Crippen molar-refractivity contribution in [2.45, 2.75) is 0 Å². The number of carbonyl (C=O) groups excluding carboxylic acids is 1. The summed E-state index contributed by atoms with van der Waals surface area (Å²) in [6.07, 6.45) is 5.17. The molecular weight excluding hydrogens is 256 g/mol. The minimum Gasteiger partial charge on any atom is -0.480 e. The van der Waals surface area contributed by atoms with Crippen LogP contribution in [0.3, 0.4) is 0 Å². The van der Waals surface area contributed by atoms with Crippen LogP contribution in [0.1, 0.15) is 10.4 Å².